The Kier molecular flexibility index (Phi) is 3.50. The molecule has 1 unspecified atom stereocenters. The minimum atomic E-state index is 0.312. The van der Waals surface area contributed by atoms with Gasteiger partial charge >= 0.3 is 0 Å². The predicted octanol–water partition coefficient (Wildman–Crippen LogP) is 3.41. The van der Waals surface area contributed by atoms with Gasteiger partial charge in [-0.2, -0.15) is 0 Å². The molecule has 1 atom stereocenters. The molecule has 0 fully saturated rings. The highest BCUT2D eigenvalue weighted by molar-refractivity contribution is 5.48. The van der Waals surface area contributed by atoms with Crippen molar-refractivity contribution in [2.24, 2.45) is 0 Å². The van der Waals surface area contributed by atoms with Gasteiger partial charge in [0.05, 0.1) is 12.8 Å². The van der Waals surface area contributed by atoms with E-state index in [2.05, 4.69) is 43.4 Å². The van der Waals surface area contributed by atoms with Gasteiger partial charge < -0.3 is 10.1 Å². The van der Waals surface area contributed by atoms with Gasteiger partial charge in [0.25, 0.3) is 0 Å². The van der Waals surface area contributed by atoms with Crippen LogP contribution in [0, 0.1) is 13.8 Å². The molecule has 0 aromatic heterocycles. The summed E-state index contributed by atoms with van der Waals surface area (Å²) in [5.74, 6) is 0. The van der Waals surface area contributed by atoms with Crippen LogP contribution in [0.3, 0.4) is 0 Å². The van der Waals surface area contributed by atoms with Crippen molar-refractivity contribution in [3.05, 3.63) is 41.7 Å². The highest BCUT2D eigenvalue weighted by atomic mass is 16.5. The summed E-state index contributed by atoms with van der Waals surface area (Å²) in [6.45, 7) is 5.15. The highest BCUT2D eigenvalue weighted by Gasteiger charge is 2.10. The van der Waals surface area contributed by atoms with Crippen LogP contribution in [0.15, 0.2) is 30.5 Å². The number of ether oxygens (including phenoxy) is 1. The van der Waals surface area contributed by atoms with Crippen LogP contribution >= 0.6 is 0 Å². The summed E-state index contributed by atoms with van der Waals surface area (Å²) in [5.41, 5.74) is 3.85. The van der Waals surface area contributed by atoms with Crippen LogP contribution < -0.4 is 5.32 Å². The lowest BCUT2D eigenvalue weighted by Gasteiger charge is -2.20. The van der Waals surface area contributed by atoms with E-state index in [9.17, 15) is 0 Å². The molecule has 2 heteroatoms. The first-order chi connectivity index (χ1) is 7.75. The molecule has 0 bridgehead atoms. The number of allylic oxidation sites excluding steroid dienone is 1. The molecule has 2 nitrogen and oxygen atoms in total. The number of hydrogen-bond acceptors (Lipinski definition) is 2. The van der Waals surface area contributed by atoms with Crippen molar-refractivity contribution in [2.45, 2.75) is 32.8 Å². The molecule has 1 aromatic carbocycles. The molecule has 0 aliphatic carbocycles. The Balaban J connectivity index is 1.89. The Morgan fingerprint density at radius 3 is 2.88 bits per heavy atom. The molecular formula is C14H19NO. The zero-order chi connectivity index (χ0) is 11.4. The molecule has 0 radical (unpaired) electrons. The van der Waals surface area contributed by atoms with E-state index in [1.165, 1.54) is 16.8 Å². The lowest BCUT2D eigenvalue weighted by atomic mass is 10.1. The van der Waals surface area contributed by atoms with Gasteiger partial charge in [-0.3, -0.25) is 0 Å². The first-order valence-electron chi connectivity index (χ1n) is 5.87. The third-order valence-electron chi connectivity index (χ3n) is 3.06. The Morgan fingerprint density at radius 2 is 2.19 bits per heavy atom. The average molecular weight is 217 g/mol. The first-order valence-corrected chi connectivity index (χ1v) is 5.87. The molecule has 0 saturated carbocycles. The second kappa shape index (κ2) is 5.06. The van der Waals surface area contributed by atoms with Gasteiger partial charge in [0.15, 0.2) is 0 Å². The van der Waals surface area contributed by atoms with Crippen LogP contribution in [-0.2, 0) is 4.74 Å². The fraction of sp³-hybridized carbons (Fsp3) is 0.429. The molecule has 16 heavy (non-hydrogen) atoms. The quantitative estimate of drug-likeness (QED) is 0.837. The first kappa shape index (κ1) is 11.1. The number of benzene rings is 1. The highest BCUT2D eigenvalue weighted by Crippen LogP contribution is 2.16. The lowest BCUT2D eigenvalue weighted by molar-refractivity contribution is 0.135. The summed E-state index contributed by atoms with van der Waals surface area (Å²) < 4.78 is 5.51. The molecule has 1 heterocycles. The van der Waals surface area contributed by atoms with Crippen LogP contribution in [-0.4, -0.2) is 12.6 Å². The van der Waals surface area contributed by atoms with E-state index in [0.29, 0.717) is 6.10 Å². The SMILES string of the molecule is Cc1ccc(NCC2CCC=CO2)cc1C. The van der Waals surface area contributed by atoms with Gasteiger partial charge in [-0.25, -0.2) is 0 Å². The molecule has 86 valence electrons. The summed E-state index contributed by atoms with van der Waals surface area (Å²) in [7, 11) is 0. The van der Waals surface area contributed by atoms with E-state index in [-0.39, 0.29) is 0 Å². The second-order valence-corrected chi connectivity index (χ2v) is 4.39. The molecular weight excluding hydrogens is 198 g/mol. The van der Waals surface area contributed by atoms with Gasteiger partial charge in [-0.15, -0.1) is 0 Å². The summed E-state index contributed by atoms with van der Waals surface area (Å²) in [6.07, 6.45) is 6.43. The van der Waals surface area contributed by atoms with Gasteiger partial charge in [-0.1, -0.05) is 6.07 Å². The van der Waals surface area contributed by atoms with E-state index < -0.39 is 0 Å². The Bertz CT molecular complexity index is 384. The number of nitrogens with one attached hydrogen (secondary N) is 1. The molecule has 1 aliphatic rings. The fourth-order valence-corrected chi connectivity index (χ4v) is 1.82. The second-order valence-electron chi connectivity index (χ2n) is 4.39. The predicted molar refractivity (Wildman–Crippen MR) is 67.7 cm³/mol. The summed E-state index contributed by atoms with van der Waals surface area (Å²) in [6, 6.07) is 6.47. The normalized spacial score (nSPS) is 19.2. The summed E-state index contributed by atoms with van der Waals surface area (Å²) in [5, 5.41) is 3.42. The number of rotatable bonds is 3. The fourth-order valence-electron chi connectivity index (χ4n) is 1.82. The molecule has 0 saturated heterocycles. The van der Waals surface area contributed by atoms with Gasteiger partial charge in [-0.05, 0) is 56.0 Å². The zero-order valence-corrected chi connectivity index (χ0v) is 9.99. The summed E-state index contributed by atoms with van der Waals surface area (Å²) >= 11 is 0. The minimum absolute atomic E-state index is 0.312. The molecule has 1 N–H and O–H groups in total. The van der Waals surface area contributed by atoms with Crippen molar-refractivity contribution in [3.63, 3.8) is 0 Å². The standard InChI is InChI=1S/C14H19NO/c1-11-6-7-13(9-12(11)2)15-10-14-5-3-4-8-16-14/h4,6-9,14-15H,3,5,10H2,1-2H3. The van der Waals surface area contributed by atoms with Gasteiger partial charge in [0, 0.05) is 5.69 Å². The Labute approximate surface area is 97.3 Å². The third kappa shape index (κ3) is 2.78. The van der Waals surface area contributed by atoms with Crippen molar-refractivity contribution in [2.75, 3.05) is 11.9 Å². The minimum Gasteiger partial charge on any atom is -0.497 e. The van der Waals surface area contributed by atoms with Crippen LogP contribution in [0.1, 0.15) is 24.0 Å². The maximum absolute atomic E-state index is 5.51. The largest absolute Gasteiger partial charge is 0.497 e. The van der Waals surface area contributed by atoms with Gasteiger partial charge in [0.2, 0.25) is 0 Å². The van der Waals surface area contributed by atoms with Crippen LogP contribution in [0.4, 0.5) is 5.69 Å². The molecule has 2 rings (SSSR count). The third-order valence-corrected chi connectivity index (χ3v) is 3.06. The van der Waals surface area contributed by atoms with E-state index in [1.807, 2.05) is 6.26 Å². The van der Waals surface area contributed by atoms with Crippen LogP contribution in [0.2, 0.25) is 0 Å². The van der Waals surface area contributed by atoms with Crippen molar-refractivity contribution >= 4 is 5.69 Å². The monoisotopic (exact) mass is 217 g/mol. The maximum atomic E-state index is 5.51. The van der Waals surface area contributed by atoms with Crippen LogP contribution in [0.5, 0.6) is 0 Å². The molecule has 0 spiro atoms. The van der Waals surface area contributed by atoms with Crippen molar-refractivity contribution < 1.29 is 4.74 Å². The van der Waals surface area contributed by atoms with Gasteiger partial charge in [0.1, 0.15) is 6.10 Å². The van der Waals surface area contributed by atoms with E-state index in [1.54, 1.807) is 0 Å². The Hall–Kier alpha value is -1.44. The van der Waals surface area contributed by atoms with E-state index in [0.717, 1.165) is 19.4 Å². The smallest absolute Gasteiger partial charge is 0.115 e. The van der Waals surface area contributed by atoms with Crippen molar-refractivity contribution in [1.82, 2.24) is 0 Å². The molecule has 1 aromatic rings. The molecule has 1 aliphatic heterocycles. The average Bonchev–Trinajstić information content (AvgIpc) is 2.32. The molecule has 0 amide bonds. The van der Waals surface area contributed by atoms with Crippen molar-refractivity contribution in [3.8, 4) is 0 Å². The van der Waals surface area contributed by atoms with Crippen molar-refractivity contribution in [1.29, 1.82) is 0 Å². The van der Waals surface area contributed by atoms with Crippen LogP contribution in [0.25, 0.3) is 0 Å². The number of aryl methyl sites for hydroxylation is 2. The topological polar surface area (TPSA) is 21.3 Å². The van der Waals surface area contributed by atoms with E-state index in [4.69, 9.17) is 4.74 Å². The zero-order valence-electron chi connectivity index (χ0n) is 9.99. The number of anilines is 1. The van der Waals surface area contributed by atoms with E-state index >= 15 is 0 Å². The Morgan fingerprint density at radius 1 is 1.31 bits per heavy atom. The maximum Gasteiger partial charge on any atom is 0.115 e. The number of hydrogen-bond donors (Lipinski definition) is 1. The summed E-state index contributed by atoms with van der Waals surface area (Å²) in [4.78, 5) is 0. The lowest BCUT2D eigenvalue weighted by Crippen LogP contribution is -2.22.